The first-order chi connectivity index (χ1) is 13.9. The monoisotopic (exact) mass is 410 g/mol. The van der Waals surface area contributed by atoms with Crippen molar-refractivity contribution >= 4 is 26.8 Å². The first-order valence-corrected chi connectivity index (χ1v) is 11.3. The summed E-state index contributed by atoms with van der Waals surface area (Å²) in [5, 5.41) is 0.779. The van der Waals surface area contributed by atoms with E-state index in [-0.39, 0.29) is 5.91 Å². The molecule has 1 amide bonds. The van der Waals surface area contributed by atoms with Crippen molar-refractivity contribution < 1.29 is 13.2 Å². The molecule has 0 N–H and O–H groups in total. The van der Waals surface area contributed by atoms with E-state index in [0.717, 1.165) is 10.9 Å². The van der Waals surface area contributed by atoms with Crippen molar-refractivity contribution in [1.29, 1.82) is 0 Å². The molecule has 8 heteroatoms. The Bertz CT molecular complexity index is 1150. The second-order valence-corrected chi connectivity index (χ2v) is 9.08. The molecule has 0 spiro atoms. The minimum absolute atomic E-state index is 0.115. The maximum absolute atomic E-state index is 13.4. The summed E-state index contributed by atoms with van der Waals surface area (Å²) in [5.74, 6) is -0.115. The van der Waals surface area contributed by atoms with E-state index in [0.29, 0.717) is 49.6 Å². The average molecular weight is 410 g/mol. The number of amides is 1. The molecule has 0 atom stereocenters. The van der Waals surface area contributed by atoms with Crippen LogP contribution in [0.1, 0.15) is 16.8 Å². The SMILES string of the molecule is CS(=O)(=O)N1CCCN(C(=O)c2cc(-c3ccccn3)nc3ccccc23)CC1. The zero-order chi connectivity index (χ0) is 20.4. The summed E-state index contributed by atoms with van der Waals surface area (Å²) in [4.78, 5) is 24.2. The zero-order valence-corrected chi connectivity index (χ0v) is 17.0. The molecule has 3 heterocycles. The number of pyridine rings is 2. The van der Waals surface area contributed by atoms with Crippen LogP contribution in [-0.2, 0) is 10.0 Å². The lowest BCUT2D eigenvalue weighted by Crippen LogP contribution is -2.37. The fourth-order valence-corrected chi connectivity index (χ4v) is 4.47. The van der Waals surface area contributed by atoms with Gasteiger partial charge in [0.2, 0.25) is 10.0 Å². The fourth-order valence-electron chi connectivity index (χ4n) is 3.60. The van der Waals surface area contributed by atoms with Crippen LogP contribution < -0.4 is 0 Å². The molecule has 150 valence electrons. The van der Waals surface area contributed by atoms with Gasteiger partial charge in [-0.15, -0.1) is 0 Å². The average Bonchev–Trinajstić information content (AvgIpc) is 2.99. The Morgan fingerprint density at radius 3 is 2.52 bits per heavy atom. The summed E-state index contributed by atoms with van der Waals surface area (Å²) in [6.45, 7) is 1.61. The van der Waals surface area contributed by atoms with E-state index >= 15 is 0 Å². The molecular weight excluding hydrogens is 388 g/mol. The predicted octanol–water partition coefficient (Wildman–Crippen LogP) is 2.40. The number of fused-ring (bicyclic) bond motifs is 1. The maximum atomic E-state index is 13.4. The standard InChI is InChI=1S/C21H22N4O3S/c1-29(27,28)25-12-6-11-24(13-14-25)21(26)17-15-20(19-9-4-5-10-22-19)23-18-8-3-2-7-16(17)18/h2-5,7-10,15H,6,11-14H2,1H3. The summed E-state index contributed by atoms with van der Waals surface area (Å²) < 4.78 is 25.2. The molecule has 1 aromatic carbocycles. The van der Waals surface area contributed by atoms with Gasteiger partial charge in [-0.1, -0.05) is 24.3 Å². The molecule has 0 unspecified atom stereocenters. The number of sulfonamides is 1. The van der Waals surface area contributed by atoms with E-state index < -0.39 is 10.0 Å². The summed E-state index contributed by atoms with van der Waals surface area (Å²) in [7, 11) is -3.26. The van der Waals surface area contributed by atoms with Crippen molar-refractivity contribution in [2.75, 3.05) is 32.4 Å². The van der Waals surface area contributed by atoms with Crippen LogP contribution in [-0.4, -0.2) is 65.9 Å². The van der Waals surface area contributed by atoms with E-state index in [1.54, 1.807) is 17.2 Å². The van der Waals surface area contributed by atoms with Crippen LogP contribution >= 0.6 is 0 Å². The summed E-state index contributed by atoms with van der Waals surface area (Å²) in [6, 6.07) is 14.9. The number of carbonyl (C=O) groups excluding carboxylic acids is 1. The summed E-state index contributed by atoms with van der Waals surface area (Å²) in [6.07, 6.45) is 3.51. The second kappa shape index (κ2) is 7.88. The first-order valence-electron chi connectivity index (χ1n) is 9.49. The molecule has 7 nitrogen and oxygen atoms in total. The van der Waals surface area contributed by atoms with E-state index in [9.17, 15) is 13.2 Å². The van der Waals surface area contributed by atoms with Crippen molar-refractivity contribution in [3.05, 3.63) is 60.3 Å². The number of hydrogen-bond donors (Lipinski definition) is 0. The molecule has 0 aliphatic carbocycles. The maximum Gasteiger partial charge on any atom is 0.254 e. The minimum atomic E-state index is -3.26. The van der Waals surface area contributed by atoms with Gasteiger partial charge in [-0.3, -0.25) is 9.78 Å². The number of nitrogens with zero attached hydrogens (tertiary/aromatic N) is 4. The Kier molecular flexibility index (Phi) is 5.29. The molecule has 1 saturated heterocycles. The van der Waals surface area contributed by atoms with Gasteiger partial charge in [-0.05, 0) is 30.7 Å². The third-order valence-electron chi connectivity index (χ3n) is 5.09. The van der Waals surface area contributed by atoms with Gasteiger partial charge in [0.1, 0.15) is 0 Å². The van der Waals surface area contributed by atoms with Gasteiger partial charge in [0.15, 0.2) is 0 Å². The van der Waals surface area contributed by atoms with Gasteiger partial charge >= 0.3 is 0 Å². The van der Waals surface area contributed by atoms with Gasteiger partial charge in [0.05, 0.1) is 28.7 Å². The lowest BCUT2D eigenvalue weighted by Gasteiger charge is -2.22. The Hall–Kier alpha value is -2.84. The topological polar surface area (TPSA) is 83.5 Å². The Balaban J connectivity index is 1.72. The molecule has 0 saturated carbocycles. The fraction of sp³-hybridized carbons (Fsp3) is 0.286. The van der Waals surface area contributed by atoms with Crippen LogP contribution in [0.4, 0.5) is 0 Å². The third kappa shape index (κ3) is 4.13. The highest BCUT2D eigenvalue weighted by molar-refractivity contribution is 7.88. The van der Waals surface area contributed by atoms with Gasteiger partial charge in [-0.2, -0.15) is 0 Å². The minimum Gasteiger partial charge on any atom is -0.337 e. The predicted molar refractivity (Wildman–Crippen MR) is 112 cm³/mol. The van der Waals surface area contributed by atoms with Crippen molar-refractivity contribution in [2.45, 2.75) is 6.42 Å². The molecular formula is C21H22N4O3S. The van der Waals surface area contributed by atoms with Gasteiger partial charge in [-0.25, -0.2) is 17.7 Å². The highest BCUT2D eigenvalue weighted by Crippen LogP contribution is 2.25. The molecule has 1 aliphatic heterocycles. The smallest absolute Gasteiger partial charge is 0.254 e. The van der Waals surface area contributed by atoms with Crippen molar-refractivity contribution in [3.8, 4) is 11.4 Å². The lowest BCUT2D eigenvalue weighted by atomic mass is 10.0. The molecule has 29 heavy (non-hydrogen) atoms. The van der Waals surface area contributed by atoms with Crippen LogP contribution in [0.5, 0.6) is 0 Å². The quantitative estimate of drug-likeness (QED) is 0.662. The summed E-state index contributed by atoms with van der Waals surface area (Å²) >= 11 is 0. The van der Waals surface area contributed by atoms with Gasteiger partial charge in [0, 0.05) is 37.8 Å². The number of para-hydroxylation sites is 1. The lowest BCUT2D eigenvalue weighted by molar-refractivity contribution is 0.0766. The second-order valence-electron chi connectivity index (χ2n) is 7.09. The molecule has 1 aliphatic rings. The number of benzene rings is 1. The van der Waals surface area contributed by atoms with Crippen molar-refractivity contribution in [1.82, 2.24) is 19.2 Å². The van der Waals surface area contributed by atoms with Crippen LogP contribution in [0.25, 0.3) is 22.3 Å². The largest absolute Gasteiger partial charge is 0.337 e. The number of carbonyl (C=O) groups is 1. The van der Waals surface area contributed by atoms with E-state index in [1.807, 2.05) is 42.5 Å². The highest BCUT2D eigenvalue weighted by atomic mass is 32.2. The van der Waals surface area contributed by atoms with E-state index in [1.165, 1.54) is 10.6 Å². The molecule has 2 aromatic heterocycles. The third-order valence-corrected chi connectivity index (χ3v) is 6.39. The Labute approximate surface area is 170 Å². The van der Waals surface area contributed by atoms with E-state index in [4.69, 9.17) is 0 Å². The summed E-state index contributed by atoms with van der Waals surface area (Å²) in [5.41, 5.74) is 2.63. The Morgan fingerprint density at radius 1 is 0.966 bits per heavy atom. The number of rotatable bonds is 3. The van der Waals surface area contributed by atoms with Crippen LogP contribution in [0.15, 0.2) is 54.7 Å². The molecule has 0 bridgehead atoms. The van der Waals surface area contributed by atoms with Crippen molar-refractivity contribution in [3.63, 3.8) is 0 Å². The molecule has 3 aromatic rings. The Morgan fingerprint density at radius 2 is 1.76 bits per heavy atom. The van der Waals surface area contributed by atoms with Crippen LogP contribution in [0.3, 0.4) is 0 Å². The highest BCUT2D eigenvalue weighted by Gasteiger charge is 2.26. The number of hydrogen-bond acceptors (Lipinski definition) is 5. The van der Waals surface area contributed by atoms with Crippen LogP contribution in [0, 0.1) is 0 Å². The van der Waals surface area contributed by atoms with Crippen molar-refractivity contribution in [2.24, 2.45) is 0 Å². The van der Waals surface area contributed by atoms with Crippen LogP contribution in [0.2, 0.25) is 0 Å². The molecule has 1 fully saturated rings. The first kappa shape index (κ1) is 19.5. The molecule has 4 rings (SSSR count). The van der Waals surface area contributed by atoms with E-state index in [2.05, 4.69) is 9.97 Å². The van der Waals surface area contributed by atoms with Gasteiger partial charge in [0.25, 0.3) is 5.91 Å². The normalized spacial score (nSPS) is 16.0. The zero-order valence-electron chi connectivity index (χ0n) is 16.2. The molecule has 0 radical (unpaired) electrons. The van der Waals surface area contributed by atoms with Gasteiger partial charge < -0.3 is 4.90 Å². The number of aromatic nitrogens is 2.